The number of carbonyl (C=O) groups excluding carboxylic acids is 3. The molecule has 158 valence electrons. The summed E-state index contributed by atoms with van der Waals surface area (Å²) < 4.78 is 0.789. The summed E-state index contributed by atoms with van der Waals surface area (Å²) in [6, 6.07) is 22.9. The summed E-state index contributed by atoms with van der Waals surface area (Å²) in [6.07, 6.45) is 0. The van der Waals surface area contributed by atoms with Crippen LogP contribution in [0.3, 0.4) is 0 Å². The van der Waals surface area contributed by atoms with Crippen molar-refractivity contribution in [2.45, 2.75) is 13.0 Å². The first-order chi connectivity index (χ1) is 14.9. The van der Waals surface area contributed by atoms with Crippen LogP contribution in [0.5, 0.6) is 0 Å². The molecular formula is C24H22BrN3O3. The highest BCUT2D eigenvalue weighted by atomic mass is 79.9. The van der Waals surface area contributed by atoms with Crippen molar-refractivity contribution >= 4 is 39.3 Å². The van der Waals surface area contributed by atoms with Gasteiger partial charge in [0.2, 0.25) is 5.91 Å². The first kappa shape index (κ1) is 22.2. The maximum Gasteiger partial charge on any atom is 0.255 e. The van der Waals surface area contributed by atoms with Gasteiger partial charge >= 0.3 is 0 Å². The minimum Gasteiger partial charge on any atom is -0.348 e. The van der Waals surface area contributed by atoms with Crippen LogP contribution < -0.4 is 16.0 Å². The predicted molar refractivity (Wildman–Crippen MR) is 124 cm³/mol. The minimum atomic E-state index is -0.324. The van der Waals surface area contributed by atoms with E-state index in [2.05, 4.69) is 31.9 Å². The molecule has 0 radical (unpaired) electrons. The zero-order chi connectivity index (χ0) is 22.2. The fraction of sp³-hybridized carbons (Fsp3) is 0.125. The number of rotatable bonds is 7. The number of carbonyl (C=O) groups is 3. The Morgan fingerprint density at radius 1 is 0.839 bits per heavy atom. The molecule has 3 aromatic carbocycles. The Morgan fingerprint density at radius 2 is 1.55 bits per heavy atom. The van der Waals surface area contributed by atoms with Crippen LogP contribution >= 0.6 is 15.9 Å². The van der Waals surface area contributed by atoms with Crippen LogP contribution in [-0.4, -0.2) is 24.3 Å². The summed E-state index contributed by atoms with van der Waals surface area (Å²) in [5.74, 6) is -0.839. The quantitative estimate of drug-likeness (QED) is 0.471. The Labute approximate surface area is 189 Å². The molecule has 0 aliphatic heterocycles. The molecule has 0 spiro atoms. The zero-order valence-corrected chi connectivity index (χ0v) is 18.5. The molecule has 0 heterocycles. The fourth-order valence-electron chi connectivity index (χ4n) is 2.95. The van der Waals surface area contributed by atoms with Crippen LogP contribution in [0.15, 0.2) is 83.3 Å². The van der Waals surface area contributed by atoms with Crippen LogP contribution in [0.2, 0.25) is 0 Å². The van der Waals surface area contributed by atoms with E-state index in [0.717, 1.165) is 10.0 Å². The largest absolute Gasteiger partial charge is 0.348 e. The Hall–Kier alpha value is -3.45. The maximum absolute atomic E-state index is 12.3. The standard InChI is InChI=1S/C24H22BrN3O3/c1-16(27-22(29)15-26-23(30)19-10-5-11-20(25)13-19)18-9-6-12-21(14-18)28-24(31)17-7-3-2-4-8-17/h2-14,16H,15H2,1H3,(H,26,30)(H,27,29)(H,28,31). The lowest BCUT2D eigenvalue weighted by atomic mass is 10.1. The molecule has 0 saturated carbocycles. The third kappa shape index (κ3) is 6.52. The van der Waals surface area contributed by atoms with Gasteiger partial charge in [0.15, 0.2) is 0 Å². The number of amides is 3. The molecule has 7 heteroatoms. The average molecular weight is 480 g/mol. The van der Waals surface area contributed by atoms with Crippen LogP contribution in [0.25, 0.3) is 0 Å². The zero-order valence-electron chi connectivity index (χ0n) is 16.9. The van der Waals surface area contributed by atoms with Gasteiger partial charge in [-0.25, -0.2) is 0 Å². The number of halogens is 1. The summed E-state index contributed by atoms with van der Waals surface area (Å²) >= 11 is 3.32. The van der Waals surface area contributed by atoms with Crippen molar-refractivity contribution in [1.29, 1.82) is 0 Å². The van der Waals surface area contributed by atoms with E-state index in [-0.39, 0.29) is 30.3 Å². The van der Waals surface area contributed by atoms with Crippen molar-refractivity contribution in [2.75, 3.05) is 11.9 Å². The van der Waals surface area contributed by atoms with E-state index in [9.17, 15) is 14.4 Å². The van der Waals surface area contributed by atoms with Crippen LogP contribution in [0, 0.1) is 0 Å². The molecule has 6 nitrogen and oxygen atoms in total. The molecule has 3 amide bonds. The van der Waals surface area contributed by atoms with Gasteiger partial charge in [0.05, 0.1) is 12.6 Å². The van der Waals surface area contributed by atoms with E-state index in [1.54, 1.807) is 48.5 Å². The smallest absolute Gasteiger partial charge is 0.255 e. The first-order valence-corrected chi connectivity index (χ1v) is 10.5. The van der Waals surface area contributed by atoms with Crippen LogP contribution in [0.4, 0.5) is 5.69 Å². The van der Waals surface area contributed by atoms with Crippen molar-refractivity contribution in [2.24, 2.45) is 0 Å². The number of nitrogens with one attached hydrogen (secondary N) is 3. The minimum absolute atomic E-state index is 0.139. The van der Waals surface area contributed by atoms with Gasteiger partial charge in [0.1, 0.15) is 0 Å². The lowest BCUT2D eigenvalue weighted by Crippen LogP contribution is -2.38. The van der Waals surface area contributed by atoms with Crippen LogP contribution in [0.1, 0.15) is 39.2 Å². The number of hydrogen-bond acceptors (Lipinski definition) is 3. The molecule has 3 N–H and O–H groups in total. The molecular weight excluding hydrogens is 458 g/mol. The Balaban J connectivity index is 1.54. The summed E-state index contributed by atoms with van der Waals surface area (Å²) in [6.45, 7) is 1.70. The van der Waals surface area contributed by atoms with Gasteiger partial charge in [-0.1, -0.05) is 52.3 Å². The van der Waals surface area contributed by atoms with Crippen LogP contribution in [-0.2, 0) is 4.79 Å². The van der Waals surface area contributed by atoms with Crippen molar-refractivity contribution in [1.82, 2.24) is 10.6 Å². The SMILES string of the molecule is CC(NC(=O)CNC(=O)c1cccc(Br)c1)c1cccc(NC(=O)c2ccccc2)c1. The predicted octanol–water partition coefficient (Wildman–Crippen LogP) is 4.31. The first-order valence-electron chi connectivity index (χ1n) is 9.72. The Kier molecular flexibility index (Phi) is 7.56. The van der Waals surface area contributed by atoms with Gasteiger partial charge in [0, 0.05) is 21.3 Å². The highest BCUT2D eigenvalue weighted by Gasteiger charge is 2.13. The fourth-order valence-corrected chi connectivity index (χ4v) is 3.35. The number of hydrogen-bond donors (Lipinski definition) is 3. The Bertz CT molecular complexity index is 1090. The molecule has 3 rings (SSSR count). The van der Waals surface area contributed by atoms with Gasteiger partial charge in [-0.3, -0.25) is 14.4 Å². The third-order valence-electron chi connectivity index (χ3n) is 4.55. The molecule has 1 unspecified atom stereocenters. The molecule has 0 aromatic heterocycles. The highest BCUT2D eigenvalue weighted by Crippen LogP contribution is 2.18. The number of anilines is 1. The Morgan fingerprint density at radius 3 is 2.29 bits per heavy atom. The second-order valence-electron chi connectivity index (χ2n) is 6.93. The number of benzene rings is 3. The van der Waals surface area contributed by atoms with E-state index < -0.39 is 0 Å². The van der Waals surface area contributed by atoms with Crippen molar-refractivity contribution in [3.05, 3.63) is 100 Å². The second-order valence-corrected chi connectivity index (χ2v) is 7.84. The summed E-state index contributed by atoms with van der Waals surface area (Å²) in [5.41, 5.74) is 2.50. The molecule has 0 aliphatic carbocycles. The molecule has 3 aromatic rings. The molecule has 31 heavy (non-hydrogen) atoms. The van der Waals surface area contributed by atoms with Crippen molar-refractivity contribution in [3.63, 3.8) is 0 Å². The lowest BCUT2D eigenvalue weighted by molar-refractivity contribution is -0.120. The topological polar surface area (TPSA) is 87.3 Å². The van der Waals surface area contributed by atoms with Gasteiger partial charge in [-0.15, -0.1) is 0 Å². The van der Waals surface area contributed by atoms with E-state index in [1.165, 1.54) is 0 Å². The molecule has 0 fully saturated rings. The average Bonchev–Trinajstić information content (AvgIpc) is 2.78. The summed E-state index contributed by atoms with van der Waals surface area (Å²) in [4.78, 5) is 36.8. The summed E-state index contributed by atoms with van der Waals surface area (Å²) in [5, 5.41) is 8.32. The molecule has 0 bridgehead atoms. The lowest BCUT2D eigenvalue weighted by Gasteiger charge is -2.16. The van der Waals surface area contributed by atoms with Gasteiger partial charge in [-0.05, 0) is 55.0 Å². The van der Waals surface area contributed by atoms with Gasteiger partial charge in [-0.2, -0.15) is 0 Å². The van der Waals surface area contributed by atoms with Crippen molar-refractivity contribution in [3.8, 4) is 0 Å². The van der Waals surface area contributed by atoms with E-state index in [1.807, 2.05) is 37.3 Å². The van der Waals surface area contributed by atoms with E-state index in [0.29, 0.717) is 16.8 Å². The molecule has 1 atom stereocenters. The summed E-state index contributed by atoms with van der Waals surface area (Å²) in [7, 11) is 0. The van der Waals surface area contributed by atoms with Gasteiger partial charge in [0.25, 0.3) is 11.8 Å². The maximum atomic E-state index is 12.3. The molecule has 0 saturated heterocycles. The second kappa shape index (κ2) is 10.5. The van der Waals surface area contributed by atoms with E-state index in [4.69, 9.17) is 0 Å². The highest BCUT2D eigenvalue weighted by molar-refractivity contribution is 9.10. The third-order valence-corrected chi connectivity index (χ3v) is 5.05. The van der Waals surface area contributed by atoms with E-state index >= 15 is 0 Å². The molecule has 0 aliphatic rings. The normalized spacial score (nSPS) is 11.3. The monoisotopic (exact) mass is 479 g/mol. The van der Waals surface area contributed by atoms with Gasteiger partial charge < -0.3 is 16.0 Å². The van der Waals surface area contributed by atoms with Crippen molar-refractivity contribution < 1.29 is 14.4 Å².